The number of carbonyl (C=O) groups is 1. The number of hydrogen-bond donors (Lipinski definition) is 3. The van der Waals surface area contributed by atoms with Gasteiger partial charge in [-0.3, -0.25) is 4.79 Å². The van der Waals surface area contributed by atoms with E-state index in [4.69, 9.17) is 24.0 Å². The number of hydrogen-bond acceptors (Lipinski definition) is 10. The Balaban J connectivity index is 0.00000101. The molecule has 1 aliphatic rings. The second-order valence-corrected chi connectivity index (χ2v) is 8.00. The summed E-state index contributed by atoms with van der Waals surface area (Å²) in [6.07, 6.45) is 0.509. The van der Waals surface area contributed by atoms with Crippen LogP contribution in [0.4, 0.5) is 5.13 Å². The molecule has 0 radical (unpaired) electrons. The zero-order valence-corrected chi connectivity index (χ0v) is 19.3. The fourth-order valence-corrected chi connectivity index (χ4v) is 4.07. The number of imidazole rings is 1. The molecule has 2 aromatic heterocycles. The molecule has 0 saturated carbocycles. The van der Waals surface area contributed by atoms with Gasteiger partial charge in [-0.15, -0.1) is 10.2 Å². The molecule has 1 fully saturated rings. The number of aryl methyl sites for hydroxylation is 1. The summed E-state index contributed by atoms with van der Waals surface area (Å²) < 4.78 is 22.4. The number of aromatic amines is 1. The third-order valence-corrected chi connectivity index (χ3v) is 6.00. The van der Waals surface area contributed by atoms with Gasteiger partial charge in [0.1, 0.15) is 11.1 Å². The van der Waals surface area contributed by atoms with Crippen molar-refractivity contribution in [2.75, 3.05) is 25.1 Å². The zero-order valence-electron chi connectivity index (χ0n) is 16.6. The molecule has 30 heavy (non-hydrogen) atoms. The van der Waals surface area contributed by atoms with Gasteiger partial charge >= 0.3 is 22.5 Å². The minimum absolute atomic E-state index is 0.156. The number of nitrogens with zero attached hydrogens (tertiary/aromatic N) is 4. The Morgan fingerprint density at radius 1 is 1.50 bits per heavy atom. The third kappa shape index (κ3) is 6.19. The minimum atomic E-state index is -1.44. The molecule has 3 N–H and O–H groups in total. The summed E-state index contributed by atoms with van der Waals surface area (Å²) in [5.41, 5.74) is 0.741. The van der Waals surface area contributed by atoms with E-state index < -0.39 is 20.9 Å². The van der Waals surface area contributed by atoms with Gasteiger partial charge in [0.15, 0.2) is 11.0 Å². The molecule has 1 amide bonds. The SMILES string of the molecule is CCc1[nH]c(C(=O)N[C@@H]2CCN(c3nnc(C(C)O)s3)C[C@@H]2OC)nc1Cl.[O]=[Mn]=[O]. The number of H-pyrrole nitrogens is 1. The van der Waals surface area contributed by atoms with E-state index in [2.05, 4.69) is 30.4 Å². The summed E-state index contributed by atoms with van der Waals surface area (Å²) in [4.78, 5) is 21.6. The molecule has 1 unspecified atom stereocenters. The molecule has 1 saturated heterocycles. The van der Waals surface area contributed by atoms with Crippen molar-refractivity contribution in [3.8, 4) is 0 Å². The summed E-state index contributed by atoms with van der Waals surface area (Å²) in [6.45, 7) is 4.86. The Kier molecular flexibility index (Phi) is 9.59. The van der Waals surface area contributed by atoms with Gasteiger partial charge in [-0.2, -0.15) is 0 Å². The second-order valence-electron chi connectivity index (χ2n) is 6.46. The number of anilines is 1. The van der Waals surface area contributed by atoms with Crippen LogP contribution in [0.3, 0.4) is 0 Å². The summed E-state index contributed by atoms with van der Waals surface area (Å²) in [6, 6.07) is -0.156. The Morgan fingerprint density at radius 3 is 2.73 bits per heavy atom. The second kappa shape index (κ2) is 11.7. The van der Waals surface area contributed by atoms with Crippen LogP contribution in [0.1, 0.15) is 47.7 Å². The fraction of sp³-hybridized carbons (Fsp3) is 0.625. The molecule has 3 heterocycles. The van der Waals surface area contributed by atoms with Crippen molar-refractivity contribution in [2.24, 2.45) is 0 Å². The molecule has 167 valence electrons. The van der Waals surface area contributed by atoms with Gasteiger partial charge < -0.3 is 25.0 Å². The molecule has 3 atom stereocenters. The number of halogens is 1. The number of aromatic nitrogens is 4. The van der Waals surface area contributed by atoms with Gasteiger partial charge in [0.2, 0.25) is 5.13 Å². The first kappa shape index (κ1) is 24.6. The Morgan fingerprint density at radius 2 is 2.20 bits per heavy atom. The number of methoxy groups -OCH3 is 1. The number of aliphatic hydroxyl groups excluding tert-OH is 1. The van der Waals surface area contributed by atoms with Crippen LogP contribution in [-0.2, 0) is 33.6 Å². The third-order valence-electron chi connectivity index (χ3n) is 4.53. The van der Waals surface area contributed by atoms with Crippen molar-refractivity contribution in [1.82, 2.24) is 25.5 Å². The van der Waals surface area contributed by atoms with Gasteiger partial charge in [-0.05, 0) is 19.8 Å². The quantitative estimate of drug-likeness (QED) is 0.498. The molecule has 14 heteroatoms. The Labute approximate surface area is 188 Å². The van der Waals surface area contributed by atoms with Crippen molar-refractivity contribution in [2.45, 2.75) is 44.9 Å². The van der Waals surface area contributed by atoms with Crippen molar-refractivity contribution >= 4 is 34.0 Å². The zero-order chi connectivity index (χ0) is 22.3. The Bertz CT molecular complexity index is 887. The van der Waals surface area contributed by atoms with Gasteiger partial charge in [0.05, 0.1) is 17.8 Å². The first-order chi connectivity index (χ1) is 14.3. The molecule has 1 aliphatic heterocycles. The van der Waals surface area contributed by atoms with Gasteiger partial charge in [-0.25, -0.2) is 4.98 Å². The average molecular weight is 502 g/mol. The van der Waals surface area contributed by atoms with Crippen LogP contribution in [0.15, 0.2) is 0 Å². The molecule has 0 aromatic carbocycles. The maximum atomic E-state index is 12.5. The van der Waals surface area contributed by atoms with Crippen molar-refractivity contribution in [1.29, 1.82) is 0 Å². The topological polar surface area (TPSA) is 150 Å². The van der Waals surface area contributed by atoms with E-state index in [9.17, 15) is 9.90 Å². The number of amides is 1. The molecule has 0 aliphatic carbocycles. The predicted octanol–water partition coefficient (Wildman–Crippen LogP) is 1.31. The first-order valence-electron chi connectivity index (χ1n) is 9.08. The molecule has 11 nitrogen and oxygen atoms in total. The van der Waals surface area contributed by atoms with Crippen LogP contribution in [0.25, 0.3) is 0 Å². The Hall–Kier alpha value is -1.63. The number of carbonyl (C=O) groups excluding carboxylic acids is 1. The van der Waals surface area contributed by atoms with Crippen LogP contribution in [0.2, 0.25) is 5.15 Å². The van der Waals surface area contributed by atoms with Crippen LogP contribution in [0.5, 0.6) is 0 Å². The predicted molar refractivity (Wildman–Crippen MR) is 104 cm³/mol. The molecule has 0 bridgehead atoms. The van der Waals surface area contributed by atoms with Crippen LogP contribution < -0.4 is 10.2 Å². The summed E-state index contributed by atoms with van der Waals surface area (Å²) in [5, 5.41) is 22.4. The van der Waals surface area contributed by atoms with Gasteiger partial charge in [0, 0.05) is 20.2 Å². The van der Waals surface area contributed by atoms with Gasteiger partial charge in [-0.1, -0.05) is 29.9 Å². The summed E-state index contributed by atoms with van der Waals surface area (Å²) >= 11 is 5.94. The average Bonchev–Trinajstić information content (AvgIpc) is 3.36. The van der Waals surface area contributed by atoms with E-state index in [0.29, 0.717) is 36.1 Å². The first-order valence-corrected chi connectivity index (χ1v) is 11.2. The van der Waals surface area contributed by atoms with Crippen molar-refractivity contribution in [3.63, 3.8) is 0 Å². The van der Waals surface area contributed by atoms with Crippen LogP contribution in [0, 0.1) is 0 Å². The van der Waals surface area contributed by atoms with Gasteiger partial charge in [0.25, 0.3) is 5.91 Å². The number of ether oxygens (including phenoxy) is 1. The number of piperidine rings is 1. The molecular formula is C16H23ClMnN6O5S. The standard InChI is InChI=1S/C16H23ClN6O3S.Mn.2O/c1-4-9-12(17)20-13(18-9)14(25)19-10-5-6-23(7-11(10)26-3)16-22-21-15(27-16)8(2)24;;;/h8,10-11,24H,4-7H2,1-3H3,(H,18,20)(H,19,25);;;/t8?,10-,11+;;;/m1.../s1. The number of rotatable bonds is 6. The molecule has 3 rings (SSSR count). The maximum absolute atomic E-state index is 12.5. The molecule has 2 aromatic rings. The van der Waals surface area contributed by atoms with Crippen LogP contribution in [-0.4, -0.2) is 63.5 Å². The monoisotopic (exact) mass is 501 g/mol. The fourth-order valence-electron chi connectivity index (χ4n) is 2.98. The number of nitrogens with one attached hydrogen (secondary N) is 2. The van der Waals surface area contributed by atoms with E-state index in [-0.39, 0.29) is 23.9 Å². The summed E-state index contributed by atoms with van der Waals surface area (Å²) in [7, 11) is 1.62. The number of aliphatic hydroxyl groups is 1. The van der Waals surface area contributed by atoms with Crippen molar-refractivity contribution in [3.05, 3.63) is 21.7 Å². The molecule has 0 spiro atoms. The van der Waals surface area contributed by atoms with E-state index in [0.717, 1.165) is 10.8 Å². The molecular weight excluding hydrogens is 479 g/mol. The van der Waals surface area contributed by atoms with E-state index in [1.807, 2.05) is 6.92 Å². The normalized spacial score (nSPS) is 19.6. The van der Waals surface area contributed by atoms with E-state index in [1.165, 1.54) is 11.3 Å². The van der Waals surface area contributed by atoms with Crippen molar-refractivity contribution < 1.29 is 37.1 Å². The van der Waals surface area contributed by atoms with E-state index in [1.54, 1.807) is 14.0 Å². The van der Waals surface area contributed by atoms with Crippen LogP contribution >= 0.6 is 22.9 Å². The van der Waals surface area contributed by atoms with E-state index >= 15 is 0 Å². The summed E-state index contributed by atoms with van der Waals surface area (Å²) in [5.74, 6) is -0.0933.